The number of hydrogen-bond donors (Lipinski definition) is 2. The molecule has 0 radical (unpaired) electrons. The van der Waals surface area contributed by atoms with Crippen LogP contribution in [-0.2, 0) is 5.75 Å². The predicted molar refractivity (Wildman–Crippen MR) is 75.4 cm³/mol. The molecule has 92 valence electrons. The van der Waals surface area contributed by atoms with E-state index in [1.54, 1.807) is 23.9 Å². The molecule has 0 aliphatic heterocycles. The first-order chi connectivity index (χ1) is 8.66. The molecule has 0 spiro atoms. The molecule has 4 heteroatoms. The maximum absolute atomic E-state index is 10.9. The first-order valence-electron chi connectivity index (χ1n) is 5.53. The van der Waals surface area contributed by atoms with E-state index >= 15 is 0 Å². The molecule has 0 fully saturated rings. The van der Waals surface area contributed by atoms with Crippen molar-refractivity contribution in [1.82, 2.24) is 0 Å². The van der Waals surface area contributed by atoms with Gasteiger partial charge >= 0.3 is 0 Å². The Morgan fingerprint density at radius 3 is 2.33 bits per heavy atom. The molecule has 2 rings (SSSR count). The summed E-state index contributed by atoms with van der Waals surface area (Å²) in [5.41, 5.74) is 13.5. The largest absolute Gasteiger partial charge is 0.398 e. The molecule has 4 N–H and O–H groups in total. The minimum atomic E-state index is -0.401. The van der Waals surface area contributed by atoms with Gasteiger partial charge in [0.15, 0.2) is 0 Å². The Morgan fingerprint density at radius 2 is 1.72 bits per heavy atom. The molecule has 0 heterocycles. The van der Waals surface area contributed by atoms with Crippen LogP contribution in [-0.4, -0.2) is 5.91 Å². The van der Waals surface area contributed by atoms with E-state index in [0.29, 0.717) is 5.56 Å². The topological polar surface area (TPSA) is 69.1 Å². The minimum Gasteiger partial charge on any atom is -0.398 e. The Labute approximate surface area is 110 Å². The highest BCUT2D eigenvalue weighted by atomic mass is 32.2. The average molecular weight is 258 g/mol. The number of amides is 1. The van der Waals surface area contributed by atoms with Crippen molar-refractivity contribution in [1.29, 1.82) is 0 Å². The fraction of sp³-hybridized carbons (Fsp3) is 0.0714. The molecular formula is C14H14N2OS. The summed E-state index contributed by atoms with van der Waals surface area (Å²) in [5, 5.41) is 0. The quantitative estimate of drug-likeness (QED) is 0.654. The van der Waals surface area contributed by atoms with Crippen molar-refractivity contribution in [2.24, 2.45) is 5.73 Å². The summed E-state index contributed by atoms with van der Waals surface area (Å²) in [6.07, 6.45) is 0. The van der Waals surface area contributed by atoms with Crippen LogP contribution in [0.1, 0.15) is 15.9 Å². The maximum atomic E-state index is 10.9. The summed E-state index contributed by atoms with van der Waals surface area (Å²) in [5.74, 6) is 0.411. The van der Waals surface area contributed by atoms with E-state index in [1.165, 1.54) is 0 Å². The molecule has 2 aromatic rings. The number of rotatable bonds is 4. The lowest BCUT2D eigenvalue weighted by molar-refractivity contribution is 0.100. The second kappa shape index (κ2) is 5.60. The Hall–Kier alpha value is -1.94. The second-order valence-electron chi connectivity index (χ2n) is 3.89. The third kappa shape index (κ3) is 3.05. The first kappa shape index (κ1) is 12.5. The van der Waals surface area contributed by atoms with Gasteiger partial charge in [-0.1, -0.05) is 24.3 Å². The standard InChI is InChI=1S/C14H14N2OS/c15-12-3-1-2-4-13(12)18-9-10-5-7-11(8-6-10)14(16)17/h1-8H,9,15H2,(H2,16,17). The van der Waals surface area contributed by atoms with Crippen LogP contribution in [0.2, 0.25) is 0 Å². The van der Waals surface area contributed by atoms with Gasteiger partial charge in [0.25, 0.3) is 0 Å². The lowest BCUT2D eigenvalue weighted by Crippen LogP contribution is -2.10. The number of hydrogen-bond acceptors (Lipinski definition) is 3. The number of primary amides is 1. The van der Waals surface area contributed by atoms with Gasteiger partial charge < -0.3 is 11.5 Å². The van der Waals surface area contributed by atoms with E-state index in [2.05, 4.69) is 0 Å². The van der Waals surface area contributed by atoms with Gasteiger partial charge in [0, 0.05) is 21.9 Å². The van der Waals surface area contributed by atoms with Gasteiger partial charge in [-0.3, -0.25) is 4.79 Å². The second-order valence-corrected chi connectivity index (χ2v) is 4.90. The number of carbonyl (C=O) groups excluding carboxylic acids is 1. The highest BCUT2D eigenvalue weighted by Crippen LogP contribution is 2.27. The van der Waals surface area contributed by atoms with Crippen molar-refractivity contribution in [3.8, 4) is 0 Å². The minimum absolute atomic E-state index is 0.401. The number of benzene rings is 2. The van der Waals surface area contributed by atoms with E-state index in [9.17, 15) is 4.79 Å². The fourth-order valence-corrected chi connectivity index (χ4v) is 2.46. The van der Waals surface area contributed by atoms with Crippen molar-refractivity contribution in [3.05, 3.63) is 59.7 Å². The molecule has 0 aliphatic rings. The average Bonchev–Trinajstić information content (AvgIpc) is 2.38. The number of anilines is 1. The van der Waals surface area contributed by atoms with Gasteiger partial charge in [-0.05, 0) is 29.8 Å². The maximum Gasteiger partial charge on any atom is 0.248 e. The highest BCUT2D eigenvalue weighted by Gasteiger charge is 2.02. The van der Waals surface area contributed by atoms with E-state index in [1.807, 2.05) is 36.4 Å². The fourth-order valence-electron chi connectivity index (χ4n) is 1.54. The molecule has 0 atom stereocenters. The molecule has 0 bridgehead atoms. The summed E-state index contributed by atoms with van der Waals surface area (Å²) in [4.78, 5) is 12.0. The third-order valence-electron chi connectivity index (χ3n) is 2.55. The molecule has 1 amide bonds. The number of nitrogens with two attached hydrogens (primary N) is 2. The number of thioether (sulfide) groups is 1. The van der Waals surface area contributed by atoms with Gasteiger partial charge in [-0.15, -0.1) is 11.8 Å². The zero-order valence-corrected chi connectivity index (χ0v) is 10.6. The van der Waals surface area contributed by atoms with Gasteiger partial charge in [-0.25, -0.2) is 0 Å². The zero-order chi connectivity index (χ0) is 13.0. The predicted octanol–water partition coefficient (Wildman–Crippen LogP) is 2.66. The van der Waals surface area contributed by atoms with Crippen LogP contribution < -0.4 is 11.5 Å². The van der Waals surface area contributed by atoms with Crippen molar-refractivity contribution < 1.29 is 4.79 Å². The van der Waals surface area contributed by atoms with Crippen LogP contribution in [0.15, 0.2) is 53.4 Å². The van der Waals surface area contributed by atoms with Crippen molar-refractivity contribution >= 4 is 23.4 Å². The molecule has 0 saturated heterocycles. The molecule has 0 aromatic heterocycles. The van der Waals surface area contributed by atoms with Crippen molar-refractivity contribution in [2.45, 2.75) is 10.6 Å². The Bertz CT molecular complexity index is 552. The molecule has 0 aliphatic carbocycles. The number of carbonyl (C=O) groups is 1. The van der Waals surface area contributed by atoms with E-state index in [-0.39, 0.29) is 0 Å². The van der Waals surface area contributed by atoms with Crippen LogP contribution >= 0.6 is 11.8 Å². The Kier molecular flexibility index (Phi) is 3.89. The van der Waals surface area contributed by atoms with Crippen molar-refractivity contribution in [3.63, 3.8) is 0 Å². The molecule has 3 nitrogen and oxygen atoms in total. The molecule has 0 unspecified atom stereocenters. The SMILES string of the molecule is NC(=O)c1ccc(CSc2ccccc2N)cc1. The summed E-state index contributed by atoms with van der Waals surface area (Å²) in [7, 11) is 0. The summed E-state index contributed by atoms with van der Waals surface area (Å²) in [6.45, 7) is 0. The van der Waals surface area contributed by atoms with E-state index < -0.39 is 5.91 Å². The lowest BCUT2D eigenvalue weighted by Gasteiger charge is -2.05. The zero-order valence-electron chi connectivity index (χ0n) is 9.80. The molecule has 2 aromatic carbocycles. The van der Waals surface area contributed by atoms with Crippen LogP contribution in [0.4, 0.5) is 5.69 Å². The summed E-state index contributed by atoms with van der Waals surface area (Å²) >= 11 is 1.67. The Balaban J connectivity index is 2.02. The smallest absolute Gasteiger partial charge is 0.248 e. The lowest BCUT2D eigenvalue weighted by atomic mass is 10.1. The highest BCUT2D eigenvalue weighted by molar-refractivity contribution is 7.98. The van der Waals surface area contributed by atoms with Crippen LogP contribution in [0, 0.1) is 0 Å². The molecular weight excluding hydrogens is 244 g/mol. The van der Waals surface area contributed by atoms with Crippen LogP contribution in [0.5, 0.6) is 0 Å². The summed E-state index contributed by atoms with van der Waals surface area (Å²) in [6, 6.07) is 15.1. The van der Waals surface area contributed by atoms with Crippen LogP contribution in [0.25, 0.3) is 0 Å². The van der Waals surface area contributed by atoms with Crippen molar-refractivity contribution in [2.75, 3.05) is 5.73 Å². The van der Waals surface area contributed by atoms with Gasteiger partial charge in [0.2, 0.25) is 5.91 Å². The summed E-state index contributed by atoms with van der Waals surface area (Å²) < 4.78 is 0. The number of nitrogen functional groups attached to an aromatic ring is 1. The third-order valence-corrected chi connectivity index (χ3v) is 3.71. The Morgan fingerprint density at radius 1 is 1.06 bits per heavy atom. The van der Waals surface area contributed by atoms with Gasteiger partial charge in [0.05, 0.1) is 0 Å². The van der Waals surface area contributed by atoms with Crippen LogP contribution in [0.3, 0.4) is 0 Å². The normalized spacial score (nSPS) is 10.2. The number of para-hydroxylation sites is 1. The van der Waals surface area contributed by atoms with E-state index in [4.69, 9.17) is 11.5 Å². The first-order valence-corrected chi connectivity index (χ1v) is 6.51. The van der Waals surface area contributed by atoms with Gasteiger partial charge in [0.1, 0.15) is 0 Å². The monoisotopic (exact) mass is 258 g/mol. The van der Waals surface area contributed by atoms with E-state index in [0.717, 1.165) is 21.9 Å². The molecule has 0 saturated carbocycles. The van der Waals surface area contributed by atoms with Gasteiger partial charge in [-0.2, -0.15) is 0 Å². The molecule has 18 heavy (non-hydrogen) atoms.